The van der Waals surface area contributed by atoms with Crippen molar-refractivity contribution < 1.29 is 19.6 Å². The lowest BCUT2D eigenvalue weighted by Crippen LogP contribution is -2.28. The third-order valence-corrected chi connectivity index (χ3v) is 4.01. The van der Waals surface area contributed by atoms with E-state index in [-0.39, 0.29) is 24.9 Å². The number of hydrogen-bond acceptors (Lipinski definition) is 4. The fraction of sp³-hybridized carbons (Fsp3) is 0.235. The molecule has 2 N–H and O–H groups in total. The lowest BCUT2D eigenvalue weighted by Gasteiger charge is -2.06. The minimum Gasteiger partial charge on any atom is -0.423 e. The van der Waals surface area contributed by atoms with E-state index >= 15 is 0 Å². The van der Waals surface area contributed by atoms with Crippen LogP contribution in [0.25, 0.3) is 0 Å². The van der Waals surface area contributed by atoms with E-state index in [1.54, 1.807) is 24.3 Å². The van der Waals surface area contributed by atoms with Crippen LogP contribution in [-0.2, 0) is 17.7 Å². The second-order valence-corrected chi connectivity index (χ2v) is 5.55. The number of aliphatic hydroxyl groups excluding tert-OH is 1. The van der Waals surface area contributed by atoms with Gasteiger partial charge in [-0.15, -0.1) is 0 Å². The SMILES string of the molecule is CC1OB(O)c2cc(CC(=O)c3ccc(CO)cc3)ccc21. The number of aliphatic hydroxyl groups is 1. The Bertz CT molecular complexity index is 696. The summed E-state index contributed by atoms with van der Waals surface area (Å²) < 4.78 is 5.35. The molecular formula is C17H17BO4. The Morgan fingerprint density at radius 1 is 1.18 bits per heavy atom. The fourth-order valence-electron chi connectivity index (χ4n) is 2.74. The molecule has 0 spiro atoms. The van der Waals surface area contributed by atoms with Gasteiger partial charge in [0, 0.05) is 12.0 Å². The summed E-state index contributed by atoms with van der Waals surface area (Å²) in [6.45, 7) is 1.86. The van der Waals surface area contributed by atoms with Crippen LogP contribution in [0, 0.1) is 0 Å². The maximum absolute atomic E-state index is 12.3. The topological polar surface area (TPSA) is 66.8 Å². The molecule has 0 aromatic heterocycles. The van der Waals surface area contributed by atoms with Crippen molar-refractivity contribution in [2.45, 2.75) is 26.1 Å². The zero-order valence-corrected chi connectivity index (χ0v) is 12.3. The van der Waals surface area contributed by atoms with E-state index in [9.17, 15) is 9.82 Å². The Morgan fingerprint density at radius 2 is 1.86 bits per heavy atom. The number of rotatable bonds is 4. The van der Waals surface area contributed by atoms with Gasteiger partial charge in [0.25, 0.3) is 0 Å². The molecule has 1 aliphatic rings. The van der Waals surface area contributed by atoms with Gasteiger partial charge in [0.2, 0.25) is 0 Å². The number of carbonyl (C=O) groups is 1. The first-order valence-electron chi connectivity index (χ1n) is 7.27. The molecule has 2 aromatic rings. The molecule has 4 nitrogen and oxygen atoms in total. The van der Waals surface area contributed by atoms with Crippen molar-refractivity contribution in [1.82, 2.24) is 0 Å². The van der Waals surface area contributed by atoms with Crippen molar-refractivity contribution in [1.29, 1.82) is 0 Å². The standard InChI is InChI=1S/C17H17BO4/c1-11-15-7-4-13(8-16(15)18(21)22-11)9-17(20)14-5-2-12(10-19)3-6-14/h2-8,11,19,21H,9-10H2,1H3. The smallest absolute Gasteiger partial charge is 0.423 e. The average molecular weight is 296 g/mol. The van der Waals surface area contributed by atoms with Gasteiger partial charge < -0.3 is 14.8 Å². The fourth-order valence-corrected chi connectivity index (χ4v) is 2.74. The van der Waals surface area contributed by atoms with Gasteiger partial charge in [0.1, 0.15) is 0 Å². The Kier molecular flexibility index (Phi) is 4.11. The summed E-state index contributed by atoms with van der Waals surface area (Å²) in [6.07, 6.45) is 0.146. The molecule has 5 heteroatoms. The zero-order valence-electron chi connectivity index (χ0n) is 12.3. The first-order valence-corrected chi connectivity index (χ1v) is 7.27. The van der Waals surface area contributed by atoms with Gasteiger partial charge in [-0.1, -0.05) is 42.5 Å². The number of carbonyl (C=O) groups excluding carboxylic acids is 1. The van der Waals surface area contributed by atoms with E-state index in [0.717, 1.165) is 22.2 Å². The molecule has 0 radical (unpaired) electrons. The van der Waals surface area contributed by atoms with E-state index in [0.29, 0.717) is 5.56 Å². The minimum absolute atomic E-state index is 0.00546. The van der Waals surface area contributed by atoms with Crippen molar-refractivity contribution in [3.8, 4) is 0 Å². The maximum Gasteiger partial charge on any atom is 0.491 e. The molecule has 1 unspecified atom stereocenters. The number of Topliss-reactive ketones (excluding diaryl/α,β-unsaturated/α-hetero) is 1. The number of benzene rings is 2. The molecule has 0 saturated heterocycles. The minimum atomic E-state index is -0.913. The lowest BCUT2D eigenvalue weighted by molar-refractivity contribution is 0.0993. The third kappa shape index (κ3) is 2.83. The molecule has 0 fully saturated rings. The predicted octanol–water partition coefficient (Wildman–Crippen LogP) is 1.38. The van der Waals surface area contributed by atoms with Gasteiger partial charge in [-0.2, -0.15) is 0 Å². The molecular weight excluding hydrogens is 279 g/mol. The second kappa shape index (κ2) is 6.05. The van der Waals surface area contributed by atoms with Crippen molar-refractivity contribution in [3.05, 3.63) is 64.7 Å². The highest BCUT2D eigenvalue weighted by molar-refractivity contribution is 6.61. The molecule has 0 saturated carbocycles. The quantitative estimate of drug-likeness (QED) is 0.661. The normalized spacial score (nSPS) is 16.7. The Morgan fingerprint density at radius 3 is 2.55 bits per heavy atom. The summed E-state index contributed by atoms with van der Waals surface area (Å²) >= 11 is 0. The highest BCUT2D eigenvalue weighted by Gasteiger charge is 2.32. The van der Waals surface area contributed by atoms with Crippen LogP contribution in [0.5, 0.6) is 0 Å². The van der Waals surface area contributed by atoms with Crippen molar-refractivity contribution in [3.63, 3.8) is 0 Å². The number of fused-ring (bicyclic) bond motifs is 1. The zero-order chi connectivity index (χ0) is 15.7. The lowest BCUT2D eigenvalue weighted by atomic mass is 9.78. The molecule has 22 heavy (non-hydrogen) atoms. The van der Waals surface area contributed by atoms with E-state index < -0.39 is 7.12 Å². The molecule has 1 aliphatic heterocycles. The van der Waals surface area contributed by atoms with Crippen LogP contribution < -0.4 is 5.46 Å². The van der Waals surface area contributed by atoms with E-state index in [1.165, 1.54) is 0 Å². The summed E-state index contributed by atoms with van der Waals surface area (Å²) in [4.78, 5) is 12.3. The van der Waals surface area contributed by atoms with Gasteiger partial charge in [-0.3, -0.25) is 4.79 Å². The van der Waals surface area contributed by atoms with Gasteiger partial charge in [0.15, 0.2) is 5.78 Å². The van der Waals surface area contributed by atoms with Crippen LogP contribution in [0.3, 0.4) is 0 Å². The Balaban J connectivity index is 1.78. The molecule has 0 amide bonds. The Hall–Kier alpha value is -1.95. The van der Waals surface area contributed by atoms with Crippen LogP contribution in [0.4, 0.5) is 0 Å². The molecule has 112 valence electrons. The summed E-state index contributed by atoms with van der Waals surface area (Å²) in [6, 6.07) is 12.6. The Labute approximate surface area is 129 Å². The van der Waals surface area contributed by atoms with E-state index in [2.05, 4.69) is 0 Å². The summed E-state index contributed by atoms with van der Waals surface area (Å²) in [5.41, 5.74) is 3.96. The number of ketones is 1. The maximum atomic E-state index is 12.3. The molecule has 1 heterocycles. The van der Waals surface area contributed by atoms with Crippen LogP contribution in [0.2, 0.25) is 0 Å². The molecule has 3 rings (SSSR count). The van der Waals surface area contributed by atoms with Crippen LogP contribution in [-0.4, -0.2) is 23.0 Å². The average Bonchev–Trinajstić information content (AvgIpc) is 2.81. The van der Waals surface area contributed by atoms with Crippen LogP contribution >= 0.6 is 0 Å². The van der Waals surface area contributed by atoms with E-state index in [1.807, 2.05) is 25.1 Å². The van der Waals surface area contributed by atoms with Gasteiger partial charge in [-0.05, 0) is 29.1 Å². The monoisotopic (exact) mass is 296 g/mol. The largest absolute Gasteiger partial charge is 0.491 e. The van der Waals surface area contributed by atoms with E-state index in [4.69, 9.17) is 9.76 Å². The first-order chi connectivity index (χ1) is 10.6. The molecule has 1 atom stereocenters. The van der Waals surface area contributed by atoms with Crippen molar-refractivity contribution >= 4 is 18.4 Å². The highest BCUT2D eigenvalue weighted by Crippen LogP contribution is 2.23. The van der Waals surface area contributed by atoms with Gasteiger partial charge in [-0.25, -0.2) is 0 Å². The predicted molar refractivity (Wildman–Crippen MR) is 83.9 cm³/mol. The van der Waals surface area contributed by atoms with Gasteiger partial charge >= 0.3 is 7.12 Å². The highest BCUT2D eigenvalue weighted by atomic mass is 16.5. The number of hydrogen-bond donors (Lipinski definition) is 2. The summed E-state index contributed by atoms with van der Waals surface area (Å²) in [7, 11) is -0.913. The van der Waals surface area contributed by atoms with Gasteiger partial charge in [0.05, 0.1) is 12.7 Å². The van der Waals surface area contributed by atoms with Crippen molar-refractivity contribution in [2.24, 2.45) is 0 Å². The molecule has 0 bridgehead atoms. The summed E-state index contributed by atoms with van der Waals surface area (Å²) in [5.74, 6) is 0.00546. The summed E-state index contributed by atoms with van der Waals surface area (Å²) in [5, 5.41) is 18.9. The molecule has 2 aromatic carbocycles. The van der Waals surface area contributed by atoms with Crippen LogP contribution in [0.15, 0.2) is 42.5 Å². The van der Waals surface area contributed by atoms with Crippen LogP contribution in [0.1, 0.15) is 40.1 Å². The second-order valence-electron chi connectivity index (χ2n) is 5.55. The van der Waals surface area contributed by atoms with Crippen molar-refractivity contribution in [2.75, 3.05) is 0 Å². The molecule has 0 aliphatic carbocycles. The first kappa shape index (κ1) is 15.0. The third-order valence-electron chi connectivity index (χ3n) is 4.01.